The zero-order valence-corrected chi connectivity index (χ0v) is 10.00. The maximum Gasteiger partial charge on any atom is 0.340 e. The summed E-state index contributed by atoms with van der Waals surface area (Å²) < 4.78 is 5.35. The van der Waals surface area contributed by atoms with Gasteiger partial charge in [-0.1, -0.05) is 48.5 Å². The van der Waals surface area contributed by atoms with Gasteiger partial charge in [-0.2, -0.15) is 0 Å². The topological polar surface area (TPSA) is 69.4 Å². The van der Waals surface area contributed by atoms with Crippen molar-refractivity contribution in [2.45, 2.75) is 5.60 Å². The summed E-state index contributed by atoms with van der Waals surface area (Å²) in [6.45, 7) is 0. The third kappa shape index (κ3) is 1.46. The number of nitrogens with two attached hydrogens (primary N) is 1. The van der Waals surface area contributed by atoms with Crippen molar-refractivity contribution in [3.63, 3.8) is 0 Å². The SMILES string of the molecule is NC(=O)[C@@]1(c2ccccc2)OC(=O)c2ccccc21. The zero-order valence-electron chi connectivity index (χ0n) is 10.00. The number of primary amides is 1. The summed E-state index contributed by atoms with van der Waals surface area (Å²) in [6, 6.07) is 15.6. The van der Waals surface area contributed by atoms with Crippen molar-refractivity contribution in [3.8, 4) is 0 Å². The Morgan fingerprint density at radius 2 is 1.63 bits per heavy atom. The van der Waals surface area contributed by atoms with Crippen LogP contribution in [0.25, 0.3) is 0 Å². The average Bonchev–Trinajstić information content (AvgIpc) is 2.75. The van der Waals surface area contributed by atoms with Gasteiger partial charge in [0.15, 0.2) is 0 Å². The van der Waals surface area contributed by atoms with E-state index in [0.29, 0.717) is 16.7 Å². The van der Waals surface area contributed by atoms with Crippen LogP contribution in [0.1, 0.15) is 21.5 Å². The number of carbonyl (C=O) groups is 2. The van der Waals surface area contributed by atoms with Crippen LogP contribution < -0.4 is 5.73 Å². The highest BCUT2D eigenvalue weighted by atomic mass is 16.6. The Balaban J connectivity index is 2.31. The molecule has 2 aromatic rings. The van der Waals surface area contributed by atoms with Gasteiger partial charge < -0.3 is 10.5 Å². The third-order valence-corrected chi connectivity index (χ3v) is 3.30. The van der Waals surface area contributed by atoms with E-state index in [9.17, 15) is 9.59 Å². The maximum atomic E-state index is 12.0. The fourth-order valence-electron chi connectivity index (χ4n) is 2.43. The molecule has 0 saturated carbocycles. The molecular weight excluding hydrogens is 242 g/mol. The highest BCUT2D eigenvalue weighted by Gasteiger charge is 2.51. The van der Waals surface area contributed by atoms with E-state index in [-0.39, 0.29) is 0 Å². The van der Waals surface area contributed by atoms with Crippen LogP contribution in [-0.2, 0) is 15.1 Å². The molecule has 4 nitrogen and oxygen atoms in total. The van der Waals surface area contributed by atoms with Crippen molar-refractivity contribution in [2.75, 3.05) is 0 Å². The van der Waals surface area contributed by atoms with E-state index in [1.165, 1.54) is 0 Å². The molecule has 0 saturated heterocycles. The minimum absolute atomic E-state index is 0.380. The molecule has 3 rings (SSSR count). The average molecular weight is 253 g/mol. The molecule has 2 N–H and O–H groups in total. The molecule has 1 atom stereocenters. The molecule has 0 aliphatic carbocycles. The molecule has 0 aromatic heterocycles. The Morgan fingerprint density at radius 1 is 1.00 bits per heavy atom. The van der Waals surface area contributed by atoms with E-state index in [1.54, 1.807) is 48.5 Å². The van der Waals surface area contributed by atoms with Gasteiger partial charge in [0.05, 0.1) is 5.56 Å². The molecule has 0 bridgehead atoms. The normalized spacial score (nSPS) is 20.7. The molecule has 0 fully saturated rings. The van der Waals surface area contributed by atoms with Crippen molar-refractivity contribution < 1.29 is 14.3 Å². The Bertz CT molecular complexity index is 666. The molecule has 4 heteroatoms. The Labute approximate surface area is 109 Å². The highest BCUT2D eigenvalue weighted by Crippen LogP contribution is 2.41. The number of hydrogen-bond donors (Lipinski definition) is 1. The van der Waals surface area contributed by atoms with Gasteiger partial charge in [-0.15, -0.1) is 0 Å². The summed E-state index contributed by atoms with van der Waals surface area (Å²) in [5.41, 5.74) is 5.44. The van der Waals surface area contributed by atoms with Crippen molar-refractivity contribution in [1.29, 1.82) is 0 Å². The van der Waals surface area contributed by atoms with Crippen LogP contribution in [0.2, 0.25) is 0 Å². The molecule has 1 aliphatic rings. The standard InChI is InChI=1S/C15H11NO3/c16-14(18)15(10-6-2-1-3-7-10)12-9-5-4-8-11(12)13(17)19-15/h1-9H,(H2,16,18)/t15-/m0/s1. The van der Waals surface area contributed by atoms with E-state index in [1.807, 2.05) is 6.07 Å². The lowest BCUT2D eigenvalue weighted by Crippen LogP contribution is -2.42. The summed E-state index contributed by atoms with van der Waals surface area (Å²) in [4.78, 5) is 23.9. The largest absolute Gasteiger partial charge is 0.435 e. The molecule has 94 valence electrons. The number of amides is 1. The maximum absolute atomic E-state index is 12.0. The Morgan fingerprint density at radius 3 is 2.32 bits per heavy atom. The number of ether oxygens (including phenoxy) is 1. The number of esters is 1. The summed E-state index contributed by atoms with van der Waals surface area (Å²) in [5.74, 6) is -1.23. The minimum atomic E-state index is -1.52. The number of fused-ring (bicyclic) bond motifs is 1. The van der Waals surface area contributed by atoms with Crippen molar-refractivity contribution in [3.05, 3.63) is 71.3 Å². The lowest BCUT2D eigenvalue weighted by molar-refractivity contribution is -0.132. The van der Waals surface area contributed by atoms with Crippen molar-refractivity contribution in [1.82, 2.24) is 0 Å². The molecule has 1 amide bonds. The molecule has 1 aliphatic heterocycles. The molecular formula is C15H11NO3. The van der Waals surface area contributed by atoms with Crippen LogP contribution in [0.3, 0.4) is 0 Å². The smallest absolute Gasteiger partial charge is 0.340 e. The second-order valence-corrected chi connectivity index (χ2v) is 4.35. The Kier molecular flexibility index (Phi) is 2.38. The summed E-state index contributed by atoms with van der Waals surface area (Å²) >= 11 is 0. The Hall–Kier alpha value is -2.62. The summed E-state index contributed by atoms with van der Waals surface area (Å²) in [6.07, 6.45) is 0. The predicted octanol–water partition coefficient (Wildman–Crippen LogP) is 1.59. The fraction of sp³-hybridized carbons (Fsp3) is 0.0667. The van der Waals surface area contributed by atoms with Gasteiger partial charge in [0.1, 0.15) is 0 Å². The van der Waals surface area contributed by atoms with Gasteiger partial charge in [0.25, 0.3) is 5.91 Å². The van der Waals surface area contributed by atoms with Gasteiger partial charge in [0.2, 0.25) is 5.60 Å². The zero-order chi connectivity index (χ0) is 13.5. The number of hydrogen-bond acceptors (Lipinski definition) is 3. The highest BCUT2D eigenvalue weighted by molar-refractivity contribution is 6.03. The monoisotopic (exact) mass is 253 g/mol. The van der Waals surface area contributed by atoms with E-state index >= 15 is 0 Å². The minimum Gasteiger partial charge on any atom is -0.435 e. The first-order chi connectivity index (χ1) is 9.16. The first-order valence-electron chi connectivity index (χ1n) is 5.84. The fourth-order valence-corrected chi connectivity index (χ4v) is 2.43. The summed E-state index contributed by atoms with van der Waals surface area (Å²) in [7, 11) is 0. The van der Waals surface area contributed by atoms with Crippen LogP contribution in [-0.4, -0.2) is 11.9 Å². The van der Waals surface area contributed by atoms with E-state index < -0.39 is 17.5 Å². The van der Waals surface area contributed by atoms with Gasteiger partial charge in [-0.05, 0) is 6.07 Å². The molecule has 1 heterocycles. The van der Waals surface area contributed by atoms with Crippen molar-refractivity contribution >= 4 is 11.9 Å². The number of benzene rings is 2. The van der Waals surface area contributed by atoms with E-state index in [4.69, 9.17) is 10.5 Å². The molecule has 0 unspecified atom stereocenters. The molecule has 19 heavy (non-hydrogen) atoms. The van der Waals surface area contributed by atoms with E-state index in [2.05, 4.69) is 0 Å². The number of rotatable bonds is 2. The van der Waals surface area contributed by atoms with Gasteiger partial charge in [-0.25, -0.2) is 4.79 Å². The summed E-state index contributed by atoms with van der Waals surface area (Å²) in [5, 5.41) is 0. The molecule has 0 radical (unpaired) electrons. The predicted molar refractivity (Wildman–Crippen MR) is 68.3 cm³/mol. The third-order valence-electron chi connectivity index (χ3n) is 3.30. The van der Waals surface area contributed by atoms with Gasteiger partial charge >= 0.3 is 5.97 Å². The first kappa shape index (κ1) is 11.5. The molecule has 2 aromatic carbocycles. The second kappa shape index (κ2) is 3.95. The molecule has 0 spiro atoms. The van der Waals surface area contributed by atoms with Crippen LogP contribution in [0.5, 0.6) is 0 Å². The second-order valence-electron chi connectivity index (χ2n) is 4.35. The van der Waals surface area contributed by atoms with Crippen LogP contribution >= 0.6 is 0 Å². The first-order valence-corrected chi connectivity index (χ1v) is 5.84. The van der Waals surface area contributed by atoms with E-state index in [0.717, 1.165) is 0 Å². The van der Waals surface area contributed by atoms with Crippen LogP contribution in [0.15, 0.2) is 54.6 Å². The lowest BCUT2D eigenvalue weighted by Gasteiger charge is -2.25. The number of carbonyl (C=O) groups excluding carboxylic acids is 2. The van der Waals surface area contributed by atoms with Crippen molar-refractivity contribution in [2.24, 2.45) is 5.73 Å². The van der Waals surface area contributed by atoms with Crippen LogP contribution in [0, 0.1) is 0 Å². The number of cyclic esters (lactones) is 1. The van der Waals surface area contributed by atoms with Gasteiger partial charge in [0, 0.05) is 11.1 Å². The van der Waals surface area contributed by atoms with Gasteiger partial charge in [-0.3, -0.25) is 4.79 Å². The quantitative estimate of drug-likeness (QED) is 0.826. The van der Waals surface area contributed by atoms with Crippen LogP contribution in [0.4, 0.5) is 0 Å². The lowest BCUT2D eigenvalue weighted by atomic mass is 9.85.